The number of fused-ring (bicyclic) bond motifs is 1. The van der Waals surface area contributed by atoms with Gasteiger partial charge in [0.25, 0.3) is 5.56 Å². The normalized spacial score (nSPS) is 12.3. The summed E-state index contributed by atoms with van der Waals surface area (Å²) in [5, 5.41) is 11.4. The van der Waals surface area contributed by atoms with Crippen LogP contribution in [-0.2, 0) is 11.3 Å². The van der Waals surface area contributed by atoms with Crippen LogP contribution < -0.4 is 10.9 Å². The van der Waals surface area contributed by atoms with E-state index in [1.807, 2.05) is 30.3 Å². The topological polar surface area (TPSA) is 76.9 Å². The van der Waals surface area contributed by atoms with E-state index in [-0.39, 0.29) is 24.1 Å². The summed E-state index contributed by atoms with van der Waals surface area (Å²) in [4.78, 5) is 25.0. The maximum Gasteiger partial charge on any atom is 0.278 e. The standard InChI is InChI=1S/C20H22N4O2/c1-14(2)12-18(15-8-4-3-5-9-15)21-19(25)13-24-20(26)16-10-6-7-11-17(16)22-23-24/h3-11,14,18H,12-13H2,1-2H3,(H,21,25). The van der Waals surface area contributed by atoms with Gasteiger partial charge in [0.15, 0.2) is 0 Å². The van der Waals surface area contributed by atoms with Crippen LogP contribution in [0.2, 0.25) is 0 Å². The van der Waals surface area contributed by atoms with Crippen molar-refractivity contribution in [1.29, 1.82) is 0 Å². The molecule has 0 bridgehead atoms. The van der Waals surface area contributed by atoms with Crippen molar-refractivity contribution >= 4 is 16.8 Å². The second-order valence-corrected chi connectivity index (χ2v) is 6.73. The maximum atomic E-state index is 12.5. The smallest absolute Gasteiger partial charge is 0.278 e. The number of rotatable bonds is 6. The van der Waals surface area contributed by atoms with Gasteiger partial charge in [0.2, 0.25) is 5.91 Å². The molecule has 26 heavy (non-hydrogen) atoms. The van der Waals surface area contributed by atoms with Crippen molar-refractivity contribution in [3.8, 4) is 0 Å². The lowest BCUT2D eigenvalue weighted by molar-refractivity contribution is -0.122. The number of nitrogens with zero attached hydrogens (tertiary/aromatic N) is 3. The molecule has 0 aliphatic heterocycles. The Bertz CT molecular complexity index is 951. The lowest BCUT2D eigenvalue weighted by Gasteiger charge is -2.21. The Morgan fingerprint density at radius 1 is 1.08 bits per heavy atom. The quantitative estimate of drug-likeness (QED) is 0.741. The summed E-state index contributed by atoms with van der Waals surface area (Å²) in [5.41, 5.74) is 1.26. The third-order valence-corrected chi connectivity index (χ3v) is 4.17. The number of hydrogen-bond acceptors (Lipinski definition) is 4. The van der Waals surface area contributed by atoms with Gasteiger partial charge in [-0.05, 0) is 30.0 Å². The summed E-state index contributed by atoms with van der Waals surface area (Å²) in [6.45, 7) is 4.07. The summed E-state index contributed by atoms with van der Waals surface area (Å²) in [7, 11) is 0. The van der Waals surface area contributed by atoms with Gasteiger partial charge < -0.3 is 5.32 Å². The van der Waals surface area contributed by atoms with Gasteiger partial charge in [-0.25, -0.2) is 4.68 Å². The Kier molecular flexibility index (Phi) is 5.41. The summed E-state index contributed by atoms with van der Waals surface area (Å²) in [5.74, 6) is 0.162. The molecule has 1 atom stereocenters. The minimum absolute atomic E-state index is 0.104. The van der Waals surface area contributed by atoms with E-state index in [0.29, 0.717) is 16.8 Å². The number of carbonyl (C=O) groups excluding carboxylic acids is 1. The van der Waals surface area contributed by atoms with E-state index in [2.05, 4.69) is 29.5 Å². The molecule has 0 aliphatic rings. The Balaban J connectivity index is 1.78. The fraction of sp³-hybridized carbons (Fsp3) is 0.300. The van der Waals surface area contributed by atoms with E-state index in [1.165, 1.54) is 0 Å². The molecule has 0 fully saturated rings. The van der Waals surface area contributed by atoms with Gasteiger partial charge in [-0.2, -0.15) is 0 Å². The van der Waals surface area contributed by atoms with Crippen molar-refractivity contribution < 1.29 is 4.79 Å². The van der Waals surface area contributed by atoms with Gasteiger partial charge in [-0.15, -0.1) is 5.10 Å². The molecule has 6 nitrogen and oxygen atoms in total. The average molecular weight is 350 g/mol. The zero-order valence-electron chi connectivity index (χ0n) is 14.9. The molecule has 0 saturated carbocycles. The molecule has 134 valence electrons. The fourth-order valence-corrected chi connectivity index (χ4v) is 2.94. The van der Waals surface area contributed by atoms with Crippen molar-refractivity contribution in [1.82, 2.24) is 20.3 Å². The van der Waals surface area contributed by atoms with Crippen molar-refractivity contribution in [2.45, 2.75) is 32.9 Å². The van der Waals surface area contributed by atoms with Crippen molar-refractivity contribution in [3.63, 3.8) is 0 Å². The van der Waals surface area contributed by atoms with E-state index in [1.54, 1.807) is 24.3 Å². The second kappa shape index (κ2) is 7.91. The molecule has 3 rings (SSSR count). The van der Waals surface area contributed by atoms with Gasteiger partial charge in [-0.3, -0.25) is 9.59 Å². The molecular weight excluding hydrogens is 328 g/mol. The molecule has 2 aromatic carbocycles. The monoisotopic (exact) mass is 350 g/mol. The Hall–Kier alpha value is -3.02. The summed E-state index contributed by atoms with van der Waals surface area (Å²) < 4.78 is 1.11. The van der Waals surface area contributed by atoms with Crippen LogP contribution >= 0.6 is 0 Å². The van der Waals surface area contributed by atoms with Crippen LogP contribution in [0.15, 0.2) is 59.4 Å². The number of aromatic nitrogens is 3. The first-order chi connectivity index (χ1) is 12.5. The van der Waals surface area contributed by atoms with Crippen LogP contribution in [0.4, 0.5) is 0 Å². The molecule has 0 saturated heterocycles. The Morgan fingerprint density at radius 2 is 1.77 bits per heavy atom. The van der Waals surface area contributed by atoms with Crippen LogP contribution in [0.25, 0.3) is 10.9 Å². The molecule has 1 unspecified atom stereocenters. The molecule has 3 aromatic rings. The van der Waals surface area contributed by atoms with E-state index in [0.717, 1.165) is 16.7 Å². The first-order valence-electron chi connectivity index (χ1n) is 8.71. The summed E-state index contributed by atoms with van der Waals surface area (Å²) in [6.07, 6.45) is 0.814. The number of nitrogens with one attached hydrogen (secondary N) is 1. The molecule has 1 aromatic heterocycles. The van der Waals surface area contributed by atoms with Crippen LogP contribution in [-0.4, -0.2) is 20.9 Å². The highest BCUT2D eigenvalue weighted by atomic mass is 16.2. The molecule has 1 amide bonds. The predicted octanol–water partition coefficient (Wildman–Crippen LogP) is 2.70. The highest BCUT2D eigenvalue weighted by molar-refractivity contribution is 5.78. The van der Waals surface area contributed by atoms with Crippen LogP contribution in [0.1, 0.15) is 31.9 Å². The molecule has 0 aliphatic carbocycles. The Morgan fingerprint density at radius 3 is 2.50 bits per heavy atom. The third-order valence-electron chi connectivity index (χ3n) is 4.17. The molecule has 0 radical (unpaired) electrons. The predicted molar refractivity (Wildman–Crippen MR) is 101 cm³/mol. The van der Waals surface area contributed by atoms with Crippen molar-refractivity contribution in [3.05, 3.63) is 70.5 Å². The van der Waals surface area contributed by atoms with E-state index < -0.39 is 0 Å². The van der Waals surface area contributed by atoms with Crippen molar-refractivity contribution in [2.75, 3.05) is 0 Å². The number of hydrogen-bond donors (Lipinski definition) is 1. The fourth-order valence-electron chi connectivity index (χ4n) is 2.94. The van der Waals surface area contributed by atoms with Crippen LogP contribution in [0.3, 0.4) is 0 Å². The lowest BCUT2D eigenvalue weighted by Crippen LogP contribution is -2.36. The van der Waals surface area contributed by atoms with E-state index >= 15 is 0 Å². The molecule has 1 heterocycles. The van der Waals surface area contributed by atoms with E-state index in [4.69, 9.17) is 0 Å². The number of benzene rings is 2. The zero-order valence-corrected chi connectivity index (χ0v) is 14.9. The first-order valence-corrected chi connectivity index (χ1v) is 8.71. The first kappa shape index (κ1) is 17.8. The highest BCUT2D eigenvalue weighted by Crippen LogP contribution is 2.21. The number of amides is 1. The maximum absolute atomic E-state index is 12.5. The summed E-state index contributed by atoms with van der Waals surface area (Å²) >= 11 is 0. The SMILES string of the molecule is CC(C)CC(NC(=O)Cn1nnc2ccccc2c1=O)c1ccccc1. The van der Waals surface area contributed by atoms with Gasteiger partial charge in [-0.1, -0.05) is 61.5 Å². The molecule has 6 heteroatoms. The lowest BCUT2D eigenvalue weighted by atomic mass is 9.97. The van der Waals surface area contributed by atoms with E-state index in [9.17, 15) is 9.59 Å². The van der Waals surface area contributed by atoms with Crippen molar-refractivity contribution in [2.24, 2.45) is 5.92 Å². The second-order valence-electron chi connectivity index (χ2n) is 6.73. The largest absolute Gasteiger partial charge is 0.348 e. The number of carbonyl (C=O) groups is 1. The molecule has 0 spiro atoms. The van der Waals surface area contributed by atoms with Gasteiger partial charge in [0, 0.05) is 0 Å². The zero-order chi connectivity index (χ0) is 18.5. The third kappa shape index (κ3) is 4.14. The van der Waals surface area contributed by atoms with Crippen LogP contribution in [0.5, 0.6) is 0 Å². The summed E-state index contributed by atoms with van der Waals surface area (Å²) in [6, 6.07) is 16.7. The molecular formula is C20H22N4O2. The average Bonchev–Trinajstić information content (AvgIpc) is 2.64. The molecule has 1 N–H and O–H groups in total. The van der Waals surface area contributed by atoms with Gasteiger partial charge >= 0.3 is 0 Å². The van der Waals surface area contributed by atoms with Gasteiger partial charge in [0.05, 0.1) is 11.4 Å². The van der Waals surface area contributed by atoms with Crippen LogP contribution in [0, 0.1) is 5.92 Å². The Labute approximate surface area is 151 Å². The minimum atomic E-state index is -0.314. The highest BCUT2D eigenvalue weighted by Gasteiger charge is 2.17. The minimum Gasteiger partial charge on any atom is -0.348 e. The van der Waals surface area contributed by atoms with Gasteiger partial charge in [0.1, 0.15) is 12.1 Å².